The summed E-state index contributed by atoms with van der Waals surface area (Å²) < 4.78 is 18.2. The van der Waals surface area contributed by atoms with Crippen LogP contribution >= 0.6 is 35.5 Å². The van der Waals surface area contributed by atoms with Crippen LogP contribution in [-0.2, 0) is 18.5 Å². The first kappa shape index (κ1) is 20.7. The second-order valence-electron chi connectivity index (χ2n) is 7.23. The molecule has 0 aromatic rings. The number of nitrogens with one attached hydrogen (secondary N) is 1. The van der Waals surface area contributed by atoms with Crippen molar-refractivity contribution in [2.75, 3.05) is 18.2 Å². The predicted octanol–water partition coefficient (Wildman–Crippen LogP) is 0.741. The summed E-state index contributed by atoms with van der Waals surface area (Å²) in [6.07, 6.45) is -2.05. The number of nitrogens with zero attached hydrogens (tertiary/aromatic N) is 1. The highest BCUT2D eigenvalue weighted by molar-refractivity contribution is 14.1. The van der Waals surface area contributed by atoms with E-state index >= 15 is 0 Å². The molecule has 5 atom stereocenters. The molecule has 0 bridgehead atoms. The average molecular weight is 474 g/mol. The zero-order valence-electron chi connectivity index (χ0n) is 14.7. The van der Waals surface area contributed by atoms with Gasteiger partial charge in [0, 0.05) is 7.05 Å². The van der Waals surface area contributed by atoms with Crippen molar-refractivity contribution in [3.63, 3.8) is 0 Å². The first-order valence-electron chi connectivity index (χ1n) is 7.94. The highest BCUT2D eigenvalue weighted by Crippen LogP contribution is 2.43. The van der Waals surface area contributed by atoms with Gasteiger partial charge in [0.15, 0.2) is 0 Å². The van der Waals surface area contributed by atoms with Crippen molar-refractivity contribution in [1.29, 1.82) is 0 Å². The van der Waals surface area contributed by atoms with Crippen LogP contribution in [0.1, 0.15) is 27.7 Å². The van der Waals surface area contributed by atoms with Crippen LogP contribution in [0, 0.1) is 0 Å². The van der Waals surface area contributed by atoms with Crippen LogP contribution in [0.4, 0.5) is 0 Å². The van der Waals surface area contributed by atoms with E-state index in [0.29, 0.717) is 4.55 Å². The van der Waals surface area contributed by atoms with Gasteiger partial charge < -0.3 is 24.1 Å². The monoisotopic (exact) mass is 474 g/mol. The quantitative estimate of drug-likeness (QED) is 0.184. The second-order valence-corrected chi connectivity index (χ2v) is 8.17. The van der Waals surface area contributed by atoms with Crippen molar-refractivity contribution in [1.82, 2.24) is 10.2 Å². The summed E-state index contributed by atoms with van der Waals surface area (Å²) in [7, 11) is 1.56. The summed E-state index contributed by atoms with van der Waals surface area (Å²) in [6, 6.07) is -0.993. The lowest BCUT2D eigenvalue weighted by atomic mass is 9.81. The first-order valence-corrected chi connectivity index (χ1v) is 9.83. The Bertz CT molecular complexity index is 477. The molecule has 0 aliphatic carbocycles. The van der Waals surface area contributed by atoms with Crippen LogP contribution < -0.4 is 5.32 Å². The maximum Gasteiger partial charge on any atom is 0.239 e. The lowest BCUT2D eigenvalue weighted by Gasteiger charge is -2.59. The Hall–Kier alpha value is 0.350. The number of thiol groups is 1. The summed E-state index contributed by atoms with van der Waals surface area (Å²) >= 11 is 6.06. The summed E-state index contributed by atoms with van der Waals surface area (Å²) in [5.74, 6) is -0.256. The Balaban J connectivity index is 2.44. The number of carbonyl (C=O) groups excluding carboxylic acids is 1. The van der Waals surface area contributed by atoms with Crippen molar-refractivity contribution in [2.45, 2.75) is 69.3 Å². The van der Waals surface area contributed by atoms with Crippen LogP contribution in [-0.4, -0.2) is 75.7 Å². The standard InChI is InChI=1S/C15H27IN2O5S/c1-14(2)15(3,4)23-12-10(19)9(13(20)17-5)18(7-16)8(6-21-24)11(12)22-14/h8-12,19,24H,6-7H2,1-5H3,(H,17,20)/t8-,9+,10-,11-,12-/m1/s1. The number of likely N-dealkylation sites (N-methyl/N-ethyl adjacent to an activating group) is 1. The molecule has 2 aliphatic heterocycles. The molecule has 0 spiro atoms. The number of fused-ring (bicyclic) bond motifs is 1. The number of halogens is 1. The van der Waals surface area contributed by atoms with Crippen LogP contribution in [0.5, 0.6) is 0 Å². The van der Waals surface area contributed by atoms with Crippen molar-refractivity contribution in [2.24, 2.45) is 0 Å². The van der Waals surface area contributed by atoms with Crippen molar-refractivity contribution >= 4 is 41.4 Å². The summed E-state index contributed by atoms with van der Waals surface area (Å²) in [4.78, 5) is 14.3. The Morgan fingerprint density at radius 1 is 1.29 bits per heavy atom. The van der Waals surface area contributed by atoms with Crippen LogP contribution in [0.25, 0.3) is 0 Å². The molecular formula is C15H27IN2O5S. The van der Waals surface area contributed by atoms with Gasteiger partial charge in [-0.3, -0.25) is 9.69 Å². The van der Waals surface area contributed by atoms with Crippen LogP contribution in [0.3, 0.4) is 0 Å². The van der Waals surface area contributed by atoms with Crippen LogP contribution in [0.2, 0.25) is 0 Å². The molecule has 0 unspecified atom stereocenters. The molecule has 9 heteroatoms. The Morgan fingerprint density at radius 2 is 1.83 bits per heavy atom. The number of aliphatic hydroxyl groups is 1. The number of rotatable bonds is 4. The van der Waals surface area contributed by atoms with Gasteiger partial charge in [0.05, 0.1) is 28.4 Å². The minimum Gasteiger partial charge on any atom is -0.388 e. The number of aliphatic hydroxyl groups excluding tert-OH is 1. The van der Waals surface area contributed by atoms with Crippen molar-refractivity contribution < 1.29 is 23.6 Å². The van der Waals surface area contributed by atoms with Gasteiger partial charge in [-0.05, 0) is 40.6 Å². The third-order valence-electron chi connectivity index (χ3n) is 5.36. The van der Waals surface area contributed by atoms with Gasteiger partial charge in [-0.15, -0.1) is 0 Å². The number of hydrogen-bond acceptors (Lipinski definition) is 7. The number of hydrogen-bond donors (Lipinski definition) is 3. The fourth-order valence-electron chi connectivity index (χ4n) is 3.31. The van der Waals surface area contributed by atoms with Crippen molar-refractivity contribution in [3.05, 3.63) is 0 Å². The maximum atomic E-state index is 12.4. The van der Waals surface area contributed by atoms with Gasteiger partial charge in [-0.1, -0.05) is 22.6 Å². The lowest BCUT2D eigenvalue weighted by Crippen LogP contribution is -2.76. The van der Waals surface area contributed by atoms with Crippen molar-refractivity contribution in [3.8, 4) is 0 Å². The largest absolute Gasteiger partial charge is 0.388 e. The SMILES string of the molecule is CNC(=O)[C@@H]1[C@@H](O)[C@H]2OC(C)(C)C(C)(C)O[C@@H]2[C@@H](COS)N1CI. The highest BCUT2D eigenvalue weighted by Gasteiger charge is 2.60. The molecule has 2 saturated heterocycles. The molecule has 0 aromatic carbocycles. The number of piperidine rings is 1. The minimum absolute atomic E-state index is 0.256. The van der Waals surface area contributed by atoms with E-state index in [1.165, 1.54) is 0 Å². The molecule has 0 saturated carbocycles. The van der Waals surface area contributed by atoms with Gasteiger partial charge in [0.25, 0.3) is 0 Å². The minimum atomic E-state index is -1.00. The molecule has 2 rings (SSSR count). The zero-order chi connectivity index (χ0) is 18.3. The van der Waals surface area contributed by atoms with Gasteiger partial charge in [-0.2, -0.15) is 0 Å². The fraction of sp³-hybridized carbons (Fsp3) is 0.933. The zero-order valence-corrected chi connectivity index (χ0v) is 17.7. The maximum absolute atomic E-state index is 12.4. The van der Waals surface area contributed by atoms with Gasteiger partial charge in [-0.25, -0.2) is 0 Å². The van der Waals surface area contributed by atoms with Crippen LogP contribution in [0.15, 0.2) is 0 Å². The molecule has 2 heterocycles. The van der Waals surface area contributed by atoms with E-state index in [4.69, 9.17) is 13.7 Å². The fourth-order valence-corrected chi connectivity index (χ4v) is 4.40. The highest BCUT2D eigenvalue weighted by atomic mass is 127. The van der Waals surface area contributed by atoms with Gasteiger partial charge in [0.1, 0.15) is 24.4 Å². The normalized spacial score (nSPS) is 38.4. The Labute approximate surface area is 162 Å². The van der Waals surface area contributed by atoms with E-state index in [9.17, 15) is 9.90 Å². The molecule has 2 N–H and O–H groups in total. The van der Waals surface area contributed by atoms with Gasteiger partial charge >= 0.3 is 0 Å². The topological polar surface area (TPSA) is 80.3 Å². The third-order valence-corrected chi connectivity index (χ3v) is 6.29. The smallest absolute Gasteiger partial charge is 0.239 e. The van der Waals surface area contributed by atoms with Gasteiger partial charge in [0.2, 0.25) is 5.91 Å². The summed E-state index contributed by atoms with van der Waals surface area (Å²) in [5.41, 5.74) is -1.17. The number of ether oxygens (including phenoxy) is 2. The molecule has 1 amide bonds. The van der Waals surface area contributed by atoms with E-state index < -0.39 is 35.6 Å². The van der Waals surface area contributed by atoms with E-state index in [-0.39, 0.29) is 18.6 Å². The van der Waals surface area contributed by atoms with E-state index in [0.717, 1.165) is 0 Å². The third kappa shape index (κ3) is 3.45. The lowest BCUT2D eigenvalue weighted by molar-refractivity contribution is -0.336. The Morgan fingerprint density at radius 3 is 2.29 bits per heavy atom. The van der Waals surface area contributed by atoms with E-state index in [1.807, 2.05) is 32.6 Å². The molecule has 0 radical (unpaired) electrons. The molecule has 140 valence electrons. The number of amides is 1. The number of alkyl halides is 1. The molecule has 2 aliphatic rings. The average Bonchev–Trinajstić information content (AvgIpc) is 2.50. The molecule has 7 nitrogen and oxygen atoms in total. The molecule has 0 aromatic heterocycles. The second kappa shape index (κ2) is 7.53. The number of carbonyl (C=O) groups is 1. The summed E-state index contributed by atoms with van der Waals surface area (Å²) in [6.45, 7) is 8.05. The molecule has 2 fully saturated rings. The van der Waals surface area contributed by atoms with E-state index in [2.05, 4.69) is 40.8 Å². The van der Waals surface area contributed by atoms with E-state index in [1.54, 1.807) is 7.05 Å². The molecular weight excluding hydrogens is 447 g/mol. The number of likely N-dealkylation sites (tertiary alicyclic amines) is 1. The summed E-state index contributed by atoms with van der Waals surface area (Å²) in [5, 5.41) is 13.5. The Kier molecular flexibility index (Phi) is 6.48. The predicted molar refractivity (Wildman–Crippen MR) is 101 cm³/mol. The first-order chi connectivity index (χ1) is 11.1. The molecule has 24 heavy (non-hydrogen) atoms.